The van der Waals surface area contributed by atoms with E-state index in [-0.39, 0.29) is 18.0 Å². The number of hydrogen-bond donors (Lipinski definition) is 1. The Labute approximate surface area is 143 Å². The zero-order valence-electron chi connectivity index (χ0n) is 15.2. The molecule has 1 aromatic carbocycles. The van der Waals surface area contributed by atoms with Gasteiger partial charge in [0, 0.05) is 50.5 Å². The van der Waals surface area contributed by atoms with Crippen molar-refractivity contribution in [1.82, 2.24) is 9.80 Å². The van der Waals surface area contributed by atoms with Gasteiger partial charge < -0.3 is 15.0 Å². The predicted octanol–water partition coefficient (Wildman–Crippen LogP) is 3.31. The summed E-state index contributed by atoms with van der Waals surface area (Å²) < 4.78 is 19.6. The molecule has 0 aromatic heterocycles. The molecule has 1 aliphatic heterocycles. The minimum Gasteiger partial charge on any atom is -0.444 e. The van der Waals surface area contributed by atoms with Crippen LogP contribution in [0.1, 0.15) is 33.3 Å². The highest BCUT2D eigenvalue weighted by molar-refractivity contribution is 5.68. The molecule has 24 heavy (non-hydrogen) atoms. The number of nitrogens with zero attached hydrogens (tertiary/aromatic N) is 2. The number of carbonyl (C=O) groups is 1. The lowest BCUT2D eigenvalue weighted by Crippen LogP contribution is -2.54. The number of piperazine rings is 1. The number of nitrogens with one attached hydrogen (secondary N) is 1. The Morgan fingerprint density at radius 1 is 1.38 bits per heavy atom. The third-order valence-electron chi connectivity index (χ3n) is 4.08. The van der Waals surface area contributed by atoms with Crippen molar-refractivity contribution in [2.45, 2.75) is 45.9 Å². The number of halogens is 1. The molecular formula is C18H28FN3O2. The van der Waals surface area contributed by atoms with Crippen molar-refractivity contribution in [1.29, 1.82) is 0 Å². The molecule has 2 rings (SSSR count). The van der Waals surface area contributed by atoms with Gasteiger partial charge in [-0.1, -0.05) is 6.07 Å². The molecule has 1 unspecified atom stereocenters. The maximum absolute atomic E-state index is 14.1. The van der Waals surface area contributed by atoms with Crippen molar-refractivity contribution in [3.8, 4) is 0 Å². The molecule has 1 N–H and O–H groups in total. The number of carbonyl (C=O) groups excluding carboxylic acids is 1. The molecule has 1 heterocycles. The summed E-state index contributed by atoms with van der Waals surface area (Å²) in [6, 6.07) is 5.23. The molecule has 6 heteroatoms. The Kier molecular flexibility index (Phi) is 5.70. The molecule has 5 nitrogen and oxygen atoms in total. The zero-order valence-corrected chi connectivity index (χ0v) is 15.2. The van der Waals surface area contributed by atoms with E-state index >= 15 is 0 Å². The largest absolute Gasteiger partial charge is 0.444 e. The number of benzene rings is 1. The van der Waals surface area contributed by atoms with Crippen molar-refractivity contribution in [3.05, 3.63) is 29.6 Å². The highest BCUT2D eigenvalue weighted by atomic mass is 19.1. The predicted molar refractivity (Wildman–Crippen MR) is 93.6 cm³/mol. The Morgan fingerprint density at radius 3 is 2.62 bits per heavy atom. The Hall–Kier alpha value is -1.82. The molecule has 1 amide bonds. The highest BCUT2D eigenvalue weighted by Gasteiger charge is 2.30. The van der Waals surface area contributed by atoms with E-state index in [1.54, 1.807) is 11.9 Å². The Balaban J connectivity index is 1.95. The molecule has 1 saturated heterocycles. The van der Waals surface area contributed by atoms with Gasteiger partial charge in [-0.3, -0.25) is 4.90 Å². The van der Waals surface area contributed by atoms with Crippen LogP contribution in [0.4, 0.5) is 14.9 Å². The van der Waals surface area contributed by atoms with Crippen LogP contribution in [0.15, 0.2) is 18.2 Å². The van der Waals surface area contributed by atoms with E-state index in [4.69, 9.17) is 4.74 Å². The molecule has 0 radical (unpaired) electrons. The minimum atomic E-state index is -0.494. The lowest BCUT2D eigenvalue weighted by Gasteiger charge is -2.40. The summed E-state index contributed by atoms with van der Waals surface area (Å²) in [7, 11) is 1.77. The molecule has 1 aliphatic rings. The fourth-order valence-corrected chi connectivity index (χ4v) is 2.84. The van der Waals surface area contributed by atoms with E-state index < -0.39 is 5.60 Å². The lowest BCUT2D eigenvalue weighted by atomic mass is 10.1. The van der Waals surface area contributed by atoms with Gasteiger partial charge in [-0.15, -0.1) is 0 Å². The van der Waals surface area contributed by atoms with Gasteiger partial charge in [0.1, 0.15) is 11.4 Å². The summed E-state index contributed by atoms with van der Waals surface area (Å²) in [5.74, 6) is -0.205. The maximum Gasteiger partial charge on any atom is 0.410 e. The van der Waals surface area contributed by atoms with Gasteiger partial charge in [-0.05, 0) is 39.8 Å². The first-order valence-electron chi connectivity index (χ1n) is 8.38. The number of rotatable bonds is 3. The van der Waals surface area contributed by atoms with Gasteiger partial charge in [0.05, 0.1) is 0 Å². The van der Waals surface area contributed by atoms with Crippen LogP contribution < -0.4 is 5.32 Å². The molecule has 0 saturated carbocycles. The van der Waals surface area contributed by atoms with Crippen molar-refractivity contribution >= 4 is 11.8 Å². The summed E-state index contributed by atoms with van der Waals surface area (Å²) in [6.45, 7) is 10.1. The van der Waals surface area contributed by atoms with Crippen LogP contribution in [0.5, 0.6) is 0 Å². The Morgan fingerprint density at radius 2 is 2.08 bits per heavy atom. The molecule has 134 valence electrons. The maximum atomic E-state index is 14.1. The van der Waals surface area contributed by atoms with Gasteiger partial charge in [0.25, 0.3) is 0 Å². The lowest BCUT2D eigenvalue weighted by molar-refractivity contribution is 0.000441. The first-order valence-corrected chi connectivity index (χ1v) is 8.38. The summed E-state index contributed by atoms with van der Waals surface area (Å²) in [4.78, 5) is 16.2. The smallest absolute Gasteiger partial charge is 0.410 e. The SMILES string of the molecule is CNc1ccc(CN2CCN(C(=O)OC(C)(C)C)C(C)C2)c(F)c1. The van der Waals surface area contributed by atoms with Crippen LogP contribution in [0, 0.1) is 5.82 Å². The minimum absolute atomic E-state index is 0.0354. The normalized spacial score (nSPS) is 19.2. The molecular weight excluding hydrogens is 309 g/mol. The van der Waals surface area contributed by atoms with E-state index in [1.807, 2.05) is 39.8 Å². The van der Waals surface area contributed by atoms with Gasteiger partial charge in [0.2, 0.25) is 0 Å². The van der Waals surface area contributed by atoms with Crippen LogP contribution in [-0.2, 0) is 11.3 Å². The van der Waals surface area contributed by atoms with Crippen LogP contribution in [0.25, 0.3) is 0 Å². The van der Waals surface area contributed by atoms with E-state index in [2.05, 4.69) is 10.2 Å². The average molecular weight is 337 g/mol. The fraction of sp³-hybridized carbons (Fsp3) is 0.611. The highest BCUT2D eigenvalue weighted by Crippen LogP contribution is 2.20. The average Bonchev–Trinajstić information content (AvgIpc) is 2.47. The van der Waals surface area contributed by atoms with Crippen LogP contribution in [0.3, 0.4) is 0 Å². The van der Waals surface area contributed by atoms with Gasteiger partial charge in [0.15, 0.2) is 0 Å². The second-order valence-electron chi connectivity index (χ2n) is 7.31. The molecule has 1 fully saturated rings. The second-order valence-corrected chi connectivity index (χ2v) is 7.31. The topological polar surface area (TPSA) is 44.8 Å². The number of hydrogen-bond acceptors (Lipinski definition) is 4. The van der Waals surface area contributed by atoms with Crippen molar-refractivity contribution < 1.29 is 13.9 Å². The van der Waals surface area contributed by atoms with Crippen LogP contribution in [-0.4, -0.2) is 54.2 Å². The first-order chi connectivity index (χ1) is 11.2. The van der Waals surface area contributed by atoms with E-state index in [0.717, 1.165) is 5.69 Å². The third-order valence-corrected chi connectivity index (χ3v) is 4.08. The van der Waals surface area contributed by atoms with Crippen molar-refractivity contribution in [2.24, 2.45) is 0 Å². The molecule has 0 aliphatic carbocycles. The zero-order chi connectivity index (χ0) is 17.9. The molecule has 0 spiro atoms. The van der Waals surface area contributed by atoms with Gasteiger partial charge in [-0.25, -0.2) is 9.18 Å². The summed E-state index contributed by atoms with van der Waals surface area (Å²) >= 11 is 0. The van der Waals surface area contributed by atoms with E-state index in [9.17, 15) is 9.18 Å². The monoisotopic (exact) mass is 337 g/mol. The van der Waals surface area contributed by atoms with Crippen molar-refractivity contribution in [3.63, 3.8) is 0 Å². The van der Waals surface area contributed by atoms with Crippen LogP contribution >= 0.6 is 0 Å². The van der Waals surface area contributed by atoms with Crippen LogP contribution in [0.2, 0.25) is 0 Å². The number of ether oxygens (including phenoxy) is 1. The number of amides is 1. The van der Waals surface area contributed by atoms with E-state index in [1.165, 1.54) is 6.07 Å². The van der Waals surface area contributed by atoms with Gasteiger partial charge >= 0.3 is 6.09 Å². The van der Waals surface area contributed by atoms with Crippen molar-refractivity contribution in [2.75, 3.05) is 32.0 Å². The van der Waals surface area contributed by atoms with E-state index in [0.29, 0.717) is 31.7 Å². The quantitative estimate of drug-likeness (QED) is 0.919. The molecule has 1 aromatic rings. The second kappa shape index (κ2) is 7.38. The standard InChI is InChI=1S/C18H28FN3O2/c1-13-11-21(8-9-22(13)17(23)24-18(2,3)4)12-14-6-7-15(20-5)10-16(14)19/h6-7,10,13,20H,8-9,11-12H2,1-5H3. The fourth-order valence-electron chi connectivity index (χ4n) is 2.84. The van der Waals surface area contributed by atoms with Gasteiger partial charge in [-0.2, -0.15) is 0 Å². The number of anilines is 1. The molecule has 0 bridgehead atoms. The summed E-state index contributed by atoms with van der Waals surface area (Å²) in [5.41, 5.74) is 0.942. The summed E-state index contributed by atoms with van der Waals surface area (Å²) in [6.07, 6.45) is -0.279. The third kappa shape index (κ3) is 4.84. The summed E-state index contributed by atoms with van der Waals surface area (Å²) in [5, 5.41) is 2.93. The molecule has 1 atom stereocenters. The Bertz CT molecular complexity index is 586. The first kappa shape index (κ1) is 18.5.